The van der Waals surface area contributed by atoms with Crippen molar-refractivity contribution in [2.24, 2.45) is 0 Å². The number of rotatable bonds is 5. The first-order chi connectivity index (χ1) is 16.1. The average molecular weight is 445 g/mol. The van der Waals surface area contributed by atoms with Crippen LogP contribution in [0, 0.1) is 11.2 Å². The molecule has 9 heteroatoms. The Morgan fingerprint density at radius 2 is 1.94 bits per heavy atom. The van der Waals surface area contributed by atoms with Crippen molar-refractivity contribution < 1.29 is 4.39 Å². The molecule has 0 saturated carbocycles. The lowest BCUT2D eigenvalue weighted by Gasteiger charge is -2.29. The van der Waals surface area contributed by atoms with Gasteiger partial charge in [0.05, 0.1) is 18.3 Å². The first-order valence-corrected chi connectivity index (χ1v) is 11.0. The highest BCUT2D eigenvalue weighted by Gasteiger charge is 2.22. The Kier molecular flexibility index (Phi) is 5.60. The summed E-state index contributed by atoms with van der Waals surface area (Å²) in [4.78, 5) is 10.5. The number of fused-ring (bicyclic) bond motifs is 1. The van der Waals surface area contributed by atoms with Crippen LogP contribution < -0.4 is 11.1 Å². The van der Waals surface area contributed by atoms with Crippen molar-refractivity contribution in [3.63, 3.8) is 0 Å². The van der Waals surface area contributed by atoms with Crippen LogP contribution in [0.25, 0.3) is 10.9 Å². The fourth-order valence-electron chi connectivity index (χ4n) is 4.24. The molecule has 0 spiro atoms. The summed E-state index contributed by atoms with van der Waals surface area (Å²) in [5, 5.41) is 17.4. The van der Waals surface area contributed by atoms with Crippen molar-refractivity contribution in [1.29, 1.82) is 5.41 Å². The Hall–Kier alpha value is -4.01. The molecular formula is C24H25FN8. The number of nitrogens with zero attached hydrogens (tertiary/aromatic N) is 5. The summed E-state index contributed by atoms with van der Waals surface area (Å²) in [6, 6.07) is 12.4. The van der Waals surface area contributed by atoms with Gasteiger partial charge in [-0.05, 0) is 55.2 Å². The highest BCUT2D eigenvalue weighted by Crippen LogP contribution is 2.27. The van der Waals surface area contributed by atoms with Crippen molar-refractivity contribution in [3.05, 3.63) is 71.9 Å². The minimum atomic E-state index is -0.259. The lowest BCUT2D eigenvalue weighted by Crippen LogP contribution is -2.36. The molecule has 1 saturated heterocycles. The average Bonchev–Trinajstić information content (AvgIpc) is 3.21. The van der Waals surface area contributed by atoms with Crippen LogP contribution in [0.2, 0.25) is 0 Å². The first-order valence-electron chi connectivity index (χ1n) is 11.0. The van der Waals surface area contributed by atoms with Gasteiger partial charge in [0.1, 0.15) is 35.2 Å². The number of piperidine rings is 1. The Morgan fingerprint density at radius 1 is 1.09 bits per heavy atom. The summed E-state index contributed by atoms with van der Waals surface area (Å²) >= 11 is 0. The molecule has 2 aromatic heterocycles. The maximum absolute atomic E-state index is 13.5. The summed E-state index contributed by atoms with van der Waals surface area (Å²) in [6.45, 7) is 2.15. The summed E-state index contributed by atoms with van der Waals surface area (Å²) in [6.07, 6.45) is 6.50. The van der Waals surface area contributed by atoms with Gasteiger partial charge in [0.25, 0.3) is 0 Å². The Balaban J connectivity index is 1.41. The van der Waals surface area contributed by atoms with E-state index in [2.05, 4.69) is 20.4 Å². The maximum Gasteiger partial charge on any atom is 0.147 e. The van der Waals surface area contributed by atoms with Crippen molar-refractivity contribution in [2.75, 3.05) is 24.1 Å². The zero-order valence-corrected chi connectivity index (χ0v) is 18.1. The van der Waals surface area contributed by atoms with Crippen molar-refractivity contribution in [3.8, 4) is 0 Å². The van der Waals surface area contributed by atoms with Gasteiger partial charge in [-0.2, -0.15) is 5.10 Å². The van der Waals surface area contributed by atoms with E-state index in [4.69, 9.17) is 11.1 Å². The molecule has 0 radical (unpaired) electrons. The lowest BCUT2D eigenvalue weighted by atomic mass is 10.1. The van der Waals surface area contributed by atoms with Gasteiger partial charge in [-0.15, -0.1) is 0 Å². The maximum atomic E-state index is 13.5. The Morgan fingerprint density at radius 3 is 2.76 bits per heavy atom. The van der Waals surface area contributed by atoms with Gasteiger partial charge in [0.2, 0.25) is 0 Å². The van der Waals surface area contributed by atoms with Crippen LogP contribution in [0.1, 0.15) is 30.4 Å². The molecule has 0 unspecified atom stereocenters. The number of halogens is 1. The van der Waals surface area contributed by atoms with E-state index in [0.717, 1.165) is 48.1 Å². The number of nitrogens with one attached hydrogen (secondary N) is 2. The predicted molar refractivity (Wildman–Crippen MR) is 127 cm³/mol. The van der Waals surface area contributed by atoms with Gasteiger partial charge in [-0.3, -0.25) is 10.1 Å². The van der Waals surface area contributed by atoms with Crippen molar-refractivity contribution >= 4 is 34.1 Å². The van der Waals surface area contributed by atoms with Gasteiger partial charge in [-0.25, -0.2) is 14.4 Å². The number of amidine groups is 1. The standard InChI is InChI=1S/C24H25FN8/c25-18-6-4-5-16(11-18)14-33-20-8-7-19(12-17(20)13-30-33)31-24-21(22(26)28-15-29-24)23(27)32-9-2-1-3-10-32/h4-8,11-13,15,27H,1-3,9-10,14H2,(H3,26,28,29,31). The van der Waals surface area contributed by atoms with Crippen LogP contribution in [-0.4, -0.2) is 43.6 Å². The van der Waals surface area contributed by atoms with Gasteiger partial charge in [0.15, 0.2) is 0 Å². The third-order valence-electron chi connectivity index (χ3n) is 5.91. The van der Waals surface area contributed by atoms with E-state index < -0.39 is 0 Å². The normalized spacial score (nSPS) is 13.9. The number of anilines is 3. The minimum Gasteiger partial charge on any atom is -0.383 e. The van der Waals surface area contributed by atoms with E-state index in [1.54, 1.807) is 12.3 Å². The van der Waals surface area contributed by atoms with Crippen LogP contribution >= 0.6 is 0 Å². The summed E-state index contributed by atoms with van der Waals surface area (Å²) < 4.78 is 15.4. The smallest absolute Gasteiger partial charge is 0.147 e. The molecule has 33 heavy (non-hydrogen) atoms. The van der Waals surface area contributed by atoms with E-state index in [9.17, 15) is 4.39 Å². The summed E-state index contributed by atoms with van der Waals surface area (Å²) in [7, 11) is 0. The van der Waals surface area contributed by atoms with Gasteiger partial charge in [-0.1, -0.05) is 12.1 Å². The second kappa shape index (κ2) is 8.85. The monoisotopic (exact) mass is 444 g/mol. The highest BCUT2D eigenvalue weighted by atomic mass is 19.1. The summed E-state index contributed by atoms with van der Waals surface area (Å²) in [5.74, 6) is 0.876. The molecule has 4 aromatic rings. The number of hydrogen-bond donors (Lipinski definition) is 3. The van der Waals surface area contributed by atoms with Crippen molar-refractivity contribution in [1.82, 2.24) is 24.6 Å². The number of likely N-dealkylation sites (tertiary alicyclic amines) is 1. The molecule has 168 valence electrons. The number of hydrogen-bond acceptors (Lipinski definition) is 6. The summed E-state index contributed by atoms with van der Waals surface area (Å²) in [5.41, 5.74) is 9.27. The zero-order chi connectivity index (χ0) is 22.8. The molecule has 0 atom stereocenters. The minimum absolute atomic E-state index is 0.259. The molecule has 1 fully saturated rings. The lowest BCUT2D eigenvalue weighted by molar-refractivity contribution is 0.341. The Labute approximate surface area is 190 Å². The van der Waals surface area contributed by atoms with E-state index in [1.807, 2.05) is 33.8 Å². The molecule has 0 aliphatic carbocycles. The second-order valence-electron chi connectivity index (χ2n) is 8.21. The largest absolute Gasteiger partial charge is 0.383 e. The number of nitrogens with two attached hydrogens (primary N) is 1. The molecular weight excluding hydrogens is 419 g/mol. The third kappa shape index (κ3) is 4.34. The third-order valence-corrected chi connectivity index (χ3v) is 5.91. The van der Waals surface area contributed by atoms with Gasteiger partial charge < -0.3 is 16.0 Å². The fraction of sp³-hybridized carbons (Fsp3) is 0.250. The molecule has 5 rings (SSSR count). The van der Waals surface area contributed by atoms with Crippen LogP contribution in [0.5, 0.6) is 0 Å². The number of benzene rings is 2. The van der Waals surface area contributed by atoms with Crippen LogP contribution in [0.15, 0.2) is 55.0 Å². The van der Waals surface area contributed by atoms with E-state index in [-0.39, 0.29) is 11.6 Å². The predicted octanol–water partition coefficient (Wildman–Crippen LogP) is 4.15. The second-order valence-corrected chi connectivity index (χ2v) is 8.21. The first kappa shape index (κ1) is 20.9. The molecule has 2 aromatic carbocycles. The fourth-order valence-corrected chi connectivity index (χ4v) is 4.24. The molecule has 3 heterocycles. The molecule has 8 nitrogen and oxygen atoms in total. The highest BCUT2D eigenvalue weighted by molar-refractivity contribution is 6.05. The van der Waals surface area contributed by atoms with Gasteiger partial charge >= 0.3 is 0 Å². The number of aromatic nitrogens is 4. The topological polar surface area (TPSA) is 109 Å². The van der Waals surface area contributed by atoms with E-state index in [0.29, 0.717) is 23.8 Å². The van der Waals surface area contributed by atoms with Crippen LogP contribution in [0.3, 0.4) is 0 Å². The molecule has 0 bridgehead atoms. The van der Waals surface area contributed by atoms with E-state index >= 15 is 0 Å². The molecule has 4 N–H and O–H groups in total. The molecule has 1 aliphatic rings. The quantitative estimate of drug-likeness (QED) is 0.315. The van der Waals surface area contributed by atoms with E-state index in [1.165, 1.54) is 24.9 Å². The zero-order valence-electron chi connectivity index (χ0n) is 18.1. The molecule has 0 amide bonds. The van der Waals surface area contributed by atoms with Crippen molar-refractivity contribution in [2.45, 2.75) is 25.8 Å². The van der Waals surface area contributed by atoms with Gasteiger partial charge in [0, 0.05) is 24.2 Å². The van der Waals surface area contributed by atoms with Crippen LogP contribution in [-0.2, 0) is 6.54 Å². The Bertz CT molecular complexity index is 1310. The van der Waals surface area contributed by atoms with Crippen LogP contribution in [0.4, 0.5) is 21.7 Å². The SMILES string of the molecule is N=C(c1c(N)ncnc1Nc1ccc2c(cnn2Cc2cccc(F)c2)c1)N1CCCCC1. The number of nitrogen functional groups attached to an aromatic ring is 1. The molecule has 1 aliphatic heterocycles.